The molecule has 2 heterocycles. The molecule has 94 valence electrons. The lowest BCUT2D eigenvalue weighted by atomic mass is 9.75. The van der Waals surface area contributed by atoms with Crippen LogP contribution in [0.3, 0.4) is 0 Å². The summed E-state index contributed by atoms with van der Waals surface area (Å²) in [6, 6.07) is 1.87. The normalized spacial score (nSPS) is 24.2. The highest BCUT2D eigenvalue weighted by atomic mass is 16.2. The van der Waals surface area contributed by atoms with Crippen LogP contribution in [0, 0.1) is 11.3 Å². The Morgan fingerprint density at radius 1 is 1.65 bits per heavy atom. The number of hydrogen-bond acceptors (Lipinski definition) is 3. The third-order valence-corrected chi connectivity index (χ3v) is 3.74. The van der Waals surface area contributed by atoms with Gasteiger partial charge in [-0.2, -0.15) is 5.10 Å². The second-order valence-corrected chi connectivity index (χ2v) is 5.00. The molecule has 1 fully saturated rings. The van der Waals surface area contributed by atoms with E-state index in [1.54, 1.807) is 6.20 Å². The molecule has 1 amide bonds. The van der Waals surface area contributed by atoms with E-state index in [0.717, 1.165) is 25.2 Å². The molecule has 1 atom stereocenters. The zero-order valence-corrected chi connectivity index (χ0v) is 10.4. The van der Waals surface area contributed by atoms with Gasteiger partial charge in [-0.05, 0) is 24.9 Å². The van der Waals surface area contributed by atoms with E-state index in [9.17, 15) is 4.79 Å². The minimum Gasteiger partial charge on any atom is -0.350 e. The summed E-state index contributed by atoms with van der Waals surface area (Å²) >= 11 is 0. The van der Waals surface area contributed by atoms with Gasteiger partial charge in [-0.25, -0.2) is 0 Å². The quantitative estimate of drug-likeness (QED) is 0.719. The predicted octanol–water partition coefficient (Wildman–Crippen LogP) is 0.662. The summed E-state index contributed by atoms with van der Waals surface area (Å²) in [5.74, 6) is 0.492. The van der Waals surface area contributed by atoms with Crippen LogP contribution in [-0.4, -0.2) is 29.2 Å². The second kappa shape index (κ2) is 4.87. The Labute approximate surface area is 101 Å². The Hall–Kier alpha value is -1.36. The fraction of sp³-hybridized carbons (Fsp3) is 0.667. The van der Waals surface area contributed by atoms with Crippen LogP contribution in [-0.2, 0) is 11.3 Å². The van der Waals surface area contributed by atoms with Crippen LogP contribution in [0.15, 0.2) is 12.3 Å². The molecule has 1 aliphatic heterocycles. The van der Waals surface area contributed by atoms with Crippen molar-refractivity contribution >= 4 is 5.91 Å². The molecule has 0 spiro atoms. The molecule has 5 nitrogen and oxygen atoms in total. The van der Waals surface area contributed by atoms with Crippen molar-refractivity contribution in [3.05, 3.63) is 18.0 Å². The molecule has 0 aromatic carbocycles. The molecule has 2 rings (SSSR count). The van der Waals surface area contributed by atoms with Gasteiger partial charge in [0.15, 0.2) is 0 Å². The number of carbonyl (C=O) groups is 1. The van der Waals surface area contributed by atoms with E-state index in [1.807, 2.05) is 6.07 Å². The van der Waals surface area contributed by atoms with Gasteiger partial charge < -0.3 is 10.6 Å². The maximum Gasteiger partial charge on any atom is 0.228 e. The van der Waals surface area contributed by atoms with Crippen molar-refractivity contribution in [2.45, 2.75) is 26.8 Å². The minimum atomic E-state index is -0.250. The number of hydrogen-bond donors (Lipinski definition) is 3. The lowest BCUT2D eigenvalue weighted by molar-refractivity contribution is -0.132. The lowest BCUT2D eigenvalue weighted by Crippen LogP contribution is -2.45. The van der Waals surface area contributed by atoms with Gasteiger partial charge in [0, 0.05) is 12.7 Å². The van der Waals surface area contributed by atoms with E-state index in [1.165, 1.54) is 0 Å². The van der Waals surface area contributed by atoms with Crippen molar-refractivity contribution in [3.63, 3.8) is 0 Å². The Morgan fingerprint density at radius 3 is 3.00 bits per heavy atom. The summed E-state index contributed by atoms with van der Waals surface area (Å²) in [6.07, 6.45) is 2.61. The third kappa shape index (κ3) is 2.34. The average molecular weight is 236 g/mol. The zero-order chi connectivity index (χ0) is 12.3. The van der Waals surface area contributed by atoms with Gasteiger partial charge in [0.05, 0.1) is 17.7 Å². The summed E-state index contributed by atoms with van der Waals surface area (Å²) in [4.78, 5) is 12.3. The third-order valence-electron chi connectivity index (χ3n) is 3.74. The topological polar surface area (TPSA) is 69.8 Å². The molecule has 0 radical (unpaired) electrons. The Morgan fingerprint density at radius 2 is 2.47 bits per heavy atom. The molecular weight excluding hydrogens is 216 g/mol. The first-order valence-electron chi connectivity index (χ1n) is 6.12. The fourth-order valence-corrected chi connectivity index (χ4v) is 2.39. The maximum atomic E-state index is 12.3. The highest BCUT2D eigenvalue weighted by Gasteiger charge is 2.43. The number of nitrogens with zero attached hydrogens (tertiary/aromatic N) is 1. The number of rotatable bonds is 4. The van der Waals surface area contributed by atoms with Crippen LogP contribution >= 0.6 is 0 Å². The molecule has 1 unspecified atom stereocenters. The molecule has 0 aliphatic carbocycles. The SMILES string of the molecule is CC(C)C1(C(=O)NCc2ccn[nH]2)CCNC1. The van der Waals surface area contributed by atoms with Gasteiger partial charge in [0.1, 0.15) is 0 Å². The predicted molar refractivity (Wildman–Crippen MR) is 65.2 cm³/mol. The van der Waals surface area contributed by atoms with Crippen molar-refractivity contribution in [1.82, 2.24) is 20.8 Å². The molecule has 1 aromatic rings. The molecule has 1 aromatic heterocycles. The number of H-pyrrole nitrogens is 1. The van der Waals surface area contributed by atoms with E-state index in [4.69, 9.17) is 0 Å². The minimum absolute atomic E-state index is 0.145. The first-order valence-corrected chi connectivity index (χ1v) is 6.12. The zero-order valence-electron chi connectivity index (χ0n) is 10.4. The van der Waals surface area contributed by atoms with Crippen molar-refractivity contribution in [1.29, 1.82) is 0 Å². The number of aromatic amines is 1. The van der Waals surface area contributed by atoms with Crippen LogP contribution in [0.25, 0.3) is 0 Å². The first kappa shape index (κ1) is 12.1. The molecule has 3 N–H and O–H groups in total. The van der Waals surface area contributed by atoms with Crippen LogP contribution in [0.4, 0.5) is 0 Å². The molecule has 5 heteroatoms. The van der Waals surface area contributed by atoms with Gasteiger partial charge in [0.25, 0.3) is 0 Å². The van der Waals surface area contributed by atoms with Gasteiger partial charge >= 0.3 is 0 Å². The van der Waals surface area contributed by atoms with E-state index >= 15 is 0 Å². The molecule has 1 aliphatic rings. The van der Waals surface area contributed by atoms with Crippen LogP contribution in [0.1, 0.15) is 26.0 Å². The van der Waals surface area contributed by atoms with Crippen molar-refractivity contribution in [2.24, 2.45) is 11.3 Å². The van der Waals surface area contributed by atoms with Gasteiger partial charge in [-0.15, -0.1) is 0 Å². The van der Waals surface area contributed by atoms with Crippen LogP contribution < -0.4 is 10.6 Å². The van der Waals surface area contributed by atoms with Crippen LogP contribution in [0.5, 0.6) is 0 Å². The van der Waals surface area contributed by atoms with Crippen molar-refractivity contribution < 1.29 is 4.79 Å². The molecule has 1 saturated heterocycles. The Balaban J connectivity index is 1.98. The number of nitrogens with one attached hydrogen (secondary N) is 3. The highest BCUT2D eigenvalue weighted by molar-refractivity contribution is 5.83. The van der Waals surface area contributed by atoms with Crippen molar-refractivity contribution in [2.75, 3.05) is 13.1 Å². The summed E-state index contributed by atoms with van der Waals surface area (Å²) in [6.45, 7) is 6.45. The van der Waals surface area contributed by atoms with Gasteiger partial charge in [-0.1, -0.05) is 13.8 Å². The molecule has 0 saturated carbocycles. The largest absolute Gasteiger partial charge is 0.350 e. The van der Waals surface area contributed by atoms with E-state index < -0.39 is 0 Å². The summed E-state index contributed by atoms with van der Waals surface area (Å²) in [5, 5.41) is 13.0. The molecular formula is C12H20N4O. The second-order valence-electron chi connectivity index (χ2n) is 5.00. The smallest absolute Gasteiger partial charge is 0.228 e. The Bertz CT molecular complexity index is 366. The van der Waals surface area contributed by atoms with Crippen molar-refractivity contribution in [3.8, 4) is 0 Å². The highest BCUT2D eigenvalue weighted by Crippen LogP contribution is 2.34. The maximum absolute atomic E-state index is 12.3. The average Bonchev–Trinajstić information content (AvgIpc) is 2.97. The summed E-state index contributed by atoms with van der Waals surface area (Å²) in [7, 11) is 0. The number of carbonyl (C=O) groups excluding carboxylic acids is 1. The first-order chi connectivity index (χ1) is 8.15. The Kier molecular flexibility index (Phi) is 3.47. The monoisotopic (exact) mass is 236 g/mol. The van der Waals surface area contributed by atoms with E-state index in [-0.39, 0.29) is 11.3 Å². The number of amides is 1. The summed E-state index contributed by atoms with van der Waals surface area (Å²) < 4.78 is 0. The molecule has 17 heavy (non-hydrogen) atoms. The van der Waals surface area contributed by atoms with Crippen LogP contribution in [0.2, 0.25) is 0 Å². The standard InChI is InChI=1S/C12H20N4O/c1-9(2)12(4-6-13-8-12)11(17)14-7-10-3-5-15-16-10/h3,5,9,13H,4,6-8H2,1-2H3,(H,14,17)(H,15,16). The van der Waals surface area contributed by atoms with E-state index in [2.05, 4.69) is 34.7 Å². The summed E-state index contributed by atoms with van der Waals surface area (Å²) in [5.41, 5.74) is 0.684. The fourth-order valence-electron chi connectivity index (χ4n) is 2.39. The van der Waals surface area contributed by atoms with E-state index in [0.29, 0.717) is 12.5 Å². The number of aromatic nitrogens is 2. The lowest BCUT2D eigenvalue weighted by Gasteiger charge is -2.30. The van der Waals surface area contributed by atoms with Gasteiger partial charge in [-0.3, -0.25) is 9.89 Å². The van der Waals surface area contributed by atoms with Gasteiger partial charge in [0.2, 0.25) is 5.91 Å². The molecule has 0 bridgehead atoms.